The normalized spacial score (nSPS) is 20.3. The molecule has 0 saturated carbocycles. The van der Waals surface area contributed by atoms with Crippen LogP contribution in [0.4, 0.5) is 11.4 Å². The molecule has 2 aliphatic rings. The smallest absolute Gasteiger partial charge is 0.243 e. The summed E-state index contributed by atoms with van der Waals surface area (Å²) in [4.78, 5) is 33.4. The summed E-state index contributed by atoms with van der Waals surface area (Å²) >= 11 is 1.25. The molecule has 0 radical (unpaired) electrons. The van der Waals surface area contributed by atoms with E-state index in [2.05, 4.69) is 17.4 Å². The first-order valence-electron chi connectivity index (χ1n) is 12.8. The summed E-state index contributed by atoms with van der Waals surface area (Å²) in [7, 11) is -0.693. The summed E-state index contributed by atoms with van der Waals surface area (Å²) in [6, 6.07) is 23.4. The van der Waals surface area contributed by atoms with Crippen molar-refractivity contribution in [3.63, 3.8) is 0 Å². The Bertz CT molecular complexity index is 1520. The molecular formula is C29H30N4O4S2. The van der Waals surface area contributed by atoms with Crippen LogP contribution in [-0.2, 0) is 26.0 Å². The number of aryl methyl sites for hydroxylation is 1. The molecule has 1 aliphatic carbocycles. The largest absolute Gasteiger partial charge is 0.326 e. The van der Waals surface area contributed by atoms with Gasteiger partial charge in [0.25, 0.3) is 0 Å². The third kappa shape index (κ3) is 5.78. The number of aliphatic imine (C=N–C) groups is 1. The van der Waals surface area contributed by atoms with Crippen molar-refractivity contribution >= 4 is 50.1 Å². The van der Waals surface area contributed by atoms with Gasteiger partial charge in [0.15, 0.2) is 5.17 Å². The number of hydrogen-bond donors (Lipinski definition) is 1. The molecule has 8 nitrogen and oxygen atoms in total. The van der Waals surface area contributed by atoms with E-state index in [9.17, 15) is 18.0 Å². The van der Waals surface area contributed by atoms with Gasteiger partial charge in [0.05, 0.1) is 16.6 Å². The SMILES string of the molecule is CN(C)S(=O)(=O)c1cccc(N=C2S[C@@H](CC(=O)Nc3ccccc3)C(=O)N2[C@@H]2CCCc3ccccc32)c1. The first-order valence-corrected chi connectivity index (χ1v) is 15.1. The highest BCUT2D eigenvalue weighted by Crippen LogP contribution is 2.42. The van der Waals surface area contributed by atoms with Crippen LogP contribution in [0, 0.1) is 0 Å². The van der Waals surface area contributed by atoms with E-state index in [-0.39, 0.29) is 29.2 Å². The van der Waals surface area contributed by atoms with E-state index in [0.717, 1.165) is 29.1 Å². The number of hydrogen-bond acceptors (Lipinski definition) is 6. The van der Waals surface area contributed by atoms with Crippen LogP contribution in [-0.4, -0.2) is 54.0 Å². The Morgan fingerprint density at radius 2 is 1.79 bits per heavy atom. The minimum Gasteiger partial charge on any atom is -0.326 e. The van der Waals surface area contributed by atoms with Crippen molar-refractivity contribution in [3.05, 3.63) is 90.0 Å². The standard InChI is InChI=1S/C29H30N4O4S2/c1-32(2)39(36,37)23-15-9-14-22(18-23)31-29-33(25-17-8-11-20-10-6-7-16-24(20)25)28(35)26(38-29)19-27(34)30-21-12-4-3-5-13-21/h3-7,9-10,12-16,18,25-26H,8,11,17,19H2,1-2H3,(H,30,34)/t25-,26+/m1/s1. The number of amidine groups is 1. The molecule has 1 saturated heterocycles. The molecule has 3 aromatic carbocycles. The zero-order chi connectivity index (χ0) is 27.6. The average molecular weight is 563 g/mol. The number of amides is 2. The maximum Gasteiger partial charge on any atom is 0.243 e. The van der Waals surface area contributed by atoms with Crippen molar-refractivity contribution in [2.24, 2.45) is 4.99 Å². The van der Waals surface area contributed by atoms with Crippen molar-refractivity contribution in [1.29, 1.82) is 0 Å². The molecule has 1 N–H and O–H groups in total. The van der Waals surface area contributed by atoms with Crippen LogP contribution in [0.25, 0.3) is 0 Å². The maximum absolute atomic E-state index is 13.9. The van der Waals surface area contributed by atoms with Crippen LogP contribution < -0.4 is 5.32 Å². The van der Waals surface area contributed by atoms with E-state index in [1.165, 1.54) is 43.6 Å². The second kappa shape index (κ2) is 11.3. The summed E-state index contributed by atoms with van der Waals surface area (Å²) in [5.41, 5.74) is 3.39. The number of rotatable bonds is 7. The Labute approximate surface area is 233 Å². The third-order valence-electron chi connectivity index (χ3n) is 6.87. The number of carbonyl (C=O) groups is 2. The van der Waals surface area contributed by atoms with E-state index in [0.29, 0.717) is 16.5 Å². The molecule has 0 bridgehead atoms. The first-order chi connectivity index (χ1) is 18.7. The fourth-order valence-electron chi connectivity index (χ4n) is 4.91. The number of anilines is 1. The lowest BCUT2D eigenvalue weighted by Crippen LogP contribution is -2.38. The predicted octanol–water partition coefficient (Wildman–Crippen LogP) is 4.97. The lowest BCUT2D eigenvalue weighted by atomic mass is 9.87. The van der Waals surface area contributed by atoms with Crippen LogP contribution in [0.3, 0.4) is 0 Å². The number of thioether (sulfide) groups is 1. The van der Waals surface area contributed by atoms with Gasteiger partial charge in [-0.3, -0.25) is 14.5 Å². The third-order valence-corrected chi connectivity index (χ3v) is 9.83. The number of carbonyl (C=O) groups excluding carboxylic acids is 2. The molecule has 0 unspecified atom stereocenters. The molecule has 39 heavy (non-hydrogen) atoms. The lowest BCUT2D eigenvalue weighted by molar-refractivity contribution is -0.129. The van der Waals surface area contributed by atoms with Crippen LogP contribution in [0.5, 0.6) is 0 Å². The van der Waals surface area contributed by atoms with E-state index >= 15 is 0 Å². The molecule has 3 aromatic rings. The van der Waals surface area contributed by atoms with Gasteiger partial charge in [0.2, 0.25) is 21.8 Å². The van der Waals surface area contributed by atoms with Crippen LogP contribution >= 0.6 is 11.8 Å². The zero-order valence-corrected chi connectivity index (χ0v) is 23.4. The van der Waals surface area contributed by atoms with Crippen molar-refractivity contribution in [3.8, 4) is 0 Å². The molecule has 1 fully saturated rings. The van der Waals surface area contributed by atoms with Crippen LogP contribution in [0.1, 0.15) is 36.4 Å². The Morgan fingerprint density at radius 3 is 2.56 bits per heavy atom. The van der Waals surface area contributed by atoms with E-state index in [4.69, 9.17) is 4.99 Å². The van der Waals surface area contributed by atoms with Gasteiger partial charge in [-0.1, -0.05) is 60.3 Å². The van der Waals surface area contributed by atoms with Gasteiger partial charge in [-0.05, 0) is 60.7 Å². The second-order valence-electron chi connectivity index (χ2n) is 9.72. The molecule has 10 heteroatoms. The van der Waals surface area contributed by atoms with Crippen molar-refractivity contribution in [1.82, 2.24) is 9.21 Å². The number of para-hydroxylation sites is 1. The summed E-state index contributed by atoms with van der Waals surface area (Å²) in [5, 5.41) is 2.69. The predicted molar refractivity (Wildman–Crippen MR) is 154 cm³/mol. The van der Waals surface area contributed by atoms with Crippen molar-refractivity contribution < 1.29 is 18.0 Å². The zero-order valence-electron chi connectivity index (χ0n) is 21.8. The minimum atomic E-state index is -3.65. The molecule has 1 heterocycles. The summed E-state index contributed by atoms with van der Waals surface area (Å²) in [5.74, 6) is -0.419. The highest BCUT2D eigenvalue weighted by Gasteiger charge is 2.44. The van der Waals surface area contributed by atoms with Crippen LogP contribution in [0.2, 0.25) is 0 Å². The second-order valence-corrected chi connectivity index (χ2v) is 13.0. The Balaban J connectivity index is 1.49. The van der Waals surface area contributed by atoms with Gasteiger partial charge in [-0.25, -0.2) is 17.7 Å². The van der Waals surface area contributed by atoms with Gasteiger partial charge in [-0.15, -0.1) is 0 Å². The number of sulfonamides is 1. The summed E-state index contributed by atoms with van der Waals surface area (Å²) < 4.78 is 26.6. The molecule has 2 atom stereocenters. The molecule has 202 valence electrons. The van der Waals surface area contributed by atoms with Crippen molar-refractivity contribution in [2.45, 2.75) is 41.9 Å². The molecule has 5 rings (SSSR count). The Morgan fingerprint density at radius 1 is 1.05 bits per heavy atom. The molecule has 0 aromatic heterocycles. The average Bonchev–Trinajstić information content (AvgIpc) is 3.22. The van der Waals surface area contributed by atoms with E-state index < -0.39 is 15.3 Å². The van der Waals surface area contributed by atoms with Gasteiger partial charge in [0, 0.05) is 26.2 Å². The minimum absolute atomic E-state index is 0.00265. The number of fused-ring (bicyclic) bond motifs is 1. The Hall–Kier alpha value is -3.47. The molecule has 0 spiro atoms. The topological polar surface area (TPSA) is 99.1 Å². The van der Waals surface area contributed by atoms with Gasteiger partial charge in [-0.2, -0.15) is 0 Å². The van der Waals surface area contributed by atoms with Gasteiger partial charge >= 0.3 is 0 Å². The monoisotopic (exact) mass is 562 g/mol. The molecule has 2 amide bonds. The fourth-order valence-corrected chi connectivity index (χ4v) is 7.05. The highest BCUT2D eigenvalue weighted by atomic mass is 32.2. The van der Waals surface area contributed by atoms with Gasteiger partial charge < -0.3 is 5.32 Å². The van der Waals surface area contributed by atoms with Crippen molar-refractivity contribution in [2.75, 3.05) is 19.4 Å². The number of benzene rings is 3. The van der Waals surface area contributed by atoms with Gasteiger partial charge in [0.1, 0.15) is 5.25 Å². The first kappa shape index (κ1) is 27.1. The molecular weight excluding hydrogens is 532 g/mol. The summed E-state index contributed by atoms with van der Waals surface area (Å²) in [6.45, 7) is 0. The fraction of sp³-hybridized carbons (Fsp3) is 0.276. The molecule has 1 aliphatic heterocycles. The maximum atomic E-state index is 13.9. The Kier molecular flexibility index (Phi) is 7.88. The number of nitrogens with one attached hydrogen (secondary N) is 1. The van der Waals surface area contributed by atoms with E-state index in [1.807, 2.05) is 30.3 Å². The quantitative estimate of drug-likeness (QED) is 0.438. The lowest BCUT2D eigenvalue weighted by Gasteiger charge is -2.33. The summed E-state index contributed by atoms with van der Waals surface area (Å²) in [6.07, 6.45) is 2.65. The van der Waals surface area contributed by atoms with Crippen LogP contribution in [0.15, 0.2) is 88.8 Å². The number of nitrogens with zero attached hydrogens (tertiary/aromatic N) is 3. The highest BCUT2D eigenvalue weighted by molar-refractivity contribution is 8.15. The van der Waals surface area contributed by atoms with E-state index in [1.54, 1.807) is 29.2 Å².